The van der Waals surface area contributed by atoms with E-state index in [9.17, 15) is 0 Å². The molecule has 1 aromatic heterocycles. The summed E-state index contributed by atoms with van der Waals surface area (Å²) >= 11 is 0. The van der Waals surface area contributed by atoms with Crippen molar-refractivity contribution in [2.45, 2.75) is 12.8 Å². The molecule has 90 valence electrons. The normalized spacial score (nSPS) is 15.8. The van der Waals surface area contributed by atoms with E-state index >= 15 is 0 Å². The smallest absolute Gasteiger partial charge is 0.101 e. The van der Waals surface area contributed by atoms with Crippen LogP contribution in [0.5, 0.6) is 0 Å². The van der Waals surface area contributed by atoms with E-state index in [1.54, 1.807) is 18.5 Å². The van der Waals surface area contributed by atoms with Crippen LogP contribution in [0.2, 0.25) is 0 Å². The Balaban J connectivity index is 1.94. The van der Waals surface area contributed by atoms with Crippen molar-refractivity contribution in [1.29, 1.82) is 5.26 Å². The van der Waals surface area contributed by atoms with Crippen molar-refractivity contribution in [3.05, 3.63) is 24.0 Å². The lowest BCUT2D eigenvalue weighted by molar-refractivity contribution is 0.346. The van der Waals surface area contributed by atoms with Crippen LogP contribution in [0.3, 0.4) is 0 Å². The van der Waals surface area contributed by atoms with E-state index in [4.69, 9.17) is 5.26 Å². The van der Waals surface area contributed by atoms with Gasteiger partial charge in [-0.1, -0.05) is 0 Å². The minimum absolute atomic E-state index is 0.698. The van der Waals surface area contributed by atoms with Crippen LogP contribution in [0.1, 0.15) is 18.4 Å². The van der Waals surface area contributed by atoms with E-state index in [0.717, 1.165) is 18.8 Å². The molecular formula is C13H18N4. The van der Waals surface area contributed by atoms with Crippen molar-refractivity contribution in [3.8, 4) is 6.07 Å². The first-order valence-electron chi connectivity index (χ1n) is 6.09. The van der Waals surface area contributed by atoms with Crippen LogP contribution in [0.15, 0.2) is 18.5 Å². The Bertz CT molecular complexity index is 404. The highest BCUT2D eigenvalue weighted by Gasteiger charge is 2.13. The quantitative estimate of drug-likeness (QED) is 0.786. The molecule has 0 atom stereocenters. The molecule has 0 aliphatic carbocycles. The molecule has 0 spiro atoms. The molecule has 0 saturated carbocycles. The second-order valence-electron chi connectivity index (χ2n) is 4.47. The number of nitriles is 1. The zero-order valence-corrected chi connectivity index (χ0v) is 10.3. The highest BCUT2D eigenvalue weighted by molar-refractivity contribution is 5.56. The number of nitrogens with zero attached hydrogens (tertiary/aromatic N) is 4. The number of likely N-dealkylation sites (N-methyl/N-ethyl adjacent to an activating group) is 1. The standard InChI is InChI=1S/C13H18N4/c1-16(8-9-17-6-2-3-7-17)13-11-15-5-4-12(13)10-14/h4-5,11H,2-3,6-9H2,1H3. The molecule has 2 rings (SSSR count). The van der Waals surface area contributed by atoms with Crippen LogP contribution in [0.25, 0.3) is 0 Å². The van der Waals surface area contributed by atoms with E-state index in [1.807, 2.05) is 7.05 Å². The minimum atomic E-state index is 0.698. The molecule has 17 heavy (non-hydrogen) atoms. The summed E-state index contributed by atoms with van der Waals surface area (Å²) in [7, 11) is 2.02. The van der Waals surface area contributed by atoms with Crippen LogP contribution >= 0.6 is 0 Å². The van der Waals surface area contributed by atoms with Gasteiger partial charge in [-0.2, -0.15) is 5.26 Å². The van der Waals surface area contributed by atoms with Crippen molar-refractivity contribution in [2.24, 2.45) is 0 Å². The van der Waals surface area contributed by atoms with Crippen molar-refractivity contribution in [3.63, 3.8) is 0 Å². The fourth-order valence-electron chi connectivity index (χ4n) is 2.20. The molecule has 0 radical (unpaired) electrons. The SMILES string of the molecule is CN(CCN1CCCC1)c1cnccc1C#N. The summed E-state index contributed by atoms with van der Waals surface area (Å²) in [5, 5.41) is 9.03. The monoisotopic (exact) mass is 230 g/mol. The van der Waals surface area contributed by atoms with Crippen molar-refractivity contribution in [1.82, 2.24) is 9.88 Å². The largest absolute Gasteiger partial charge is 0.371 e. The molecule has 0 N–H and O–H groups in total. The van der Waals surface area contributed by atoms with Gasteiger partial charge in [0.05, 0.1) is 17.4 Å². The third-order valence-corrected chi connectivity index (χ3v) is 3.28. The Labute approximate surface area is 102 Å². The molecule has 1 saturated heterocycles. The maximum Gasteiger partial charge on any atom is 0.101 e. The van der Waals surface area contributed by atoms with E-state index in [1.165, 1.54) is 25.9 Å². The van der Waals surface area contributed by atoms with Crippen molar-refractivity contribution in [2.75, 3.05) is 38.1 Å². The van der Waals surface area contributed by atoms with Gasteiger partial charge in [0.25, 0.3) is 0 Å². The van der Waals surface area contributed by atoms with Gasteiger partial charge in [-0.3, -0.25) is 4.98 Å². The molecule has 1 fully saturated rings. The molecule has 0 bridgehead atoms. The third kappa shape index (κ3) is 2.95. The van der Waals surface area contributed by atoms with Gasteiger partial charge < -0.3 is 9.80 Å². The van der Waals surface area contributed by atoms with Crippen LogP contribution in [0.4, 0.5) is 5.69 Å². The number of pyridine rings is 1. The molecule has 1 aliphatic rings. The van der Waals surface area contributed by atoms with Crippen LogP contribution in [-0.2, 0) is 0 Å². The Kier molecular flexibility index (Phi) is 3.94. The molecule has 4 nitrogen and oxygen atoms in total. The van der Waals surface area contributed by atoms with E-state index in [0.29, 0.717) is 5.56 Å². The number of hydrogen-bond acceptors (Lipinski definition) is 4. The van der Waals surface area contributed by atoms with Crippen molar-refractivity contribution < 1.29 is 0 Å². The van der Waals surface area contributed by atoms with E-state index in [-0.39, 0.29) is 0 Å². The number of aromatic nitrogens is 1. The Morgan fingerprint density at radius 2 is 2.24 bits per heavy atom. The van der Waals surface area contributed by atoms with Gasteiger partial charge in [-0.05, 0) is 32.0 Å². The minimum Gasteiger partial charge on any atom is -0.371 e. The Hall–Kier alpha value is -1.60. The predicted molar refractivity (Wildman–Crippen MR) is 67.9 cm³/mol. The molecule has 0 unspecified atom stereocenters. The van der Waals surface area contributed by atoms with Gasteiger partial charge in [-0.15, -0.1) is 0 Å². The maximum absolute atomic E-state index is 9.03. The predicted octanol–water partition coefficient (Wildman–Crippen LogP) is 1.49. The Morgan fingerprint density at radius 3 is 2.94 bits per heavy atom. The summed E-state index contributed by atoms with van der Waals surface area (Å²) in [5.74, 6) is 0. The van der Waals surface area contributed by atoms with Gasteiger partial charge in [0, 0.05) is 26.3 Å². The maximum atomic E-state index is 9.03. The summed E-state index contributed by atoms with van der Waals surface area (Å²) in [5.41, 5.74) is 1.62. The lowest BCUT2D eigenvalue weighted by Crippen LogP contribution is -2.31. The molecule has 0 aromatic carbocycles. The summed E-state index contributed by atoms with van der Waals surface area (Å²) < 4.78 is 0. The topological polar surface area (TPSA) is 43.2 Å². The number of likely N-dealkylation sites (tertiary alicyclic amines) is 1. The van der Waals surface area contributed by atoms with E-state index in [2.05, 4.69) is 20.9 Å². The molecule has 0 amide bonds. The first-order valence-corrected chi connectivity index (χ1v) is 6.09. The van der Waals surface area contributed by atoms with Gasteiger partial charge in [0.1, 0.15) is 6.07 Å². The molecule has 4 heteroatoms. The van der Waals surface area contributed by atoms with Crippen molar-refractivity contribution >= 4 is 5.69 Å². The lowest BCUT2D eigenvalue weighted by Gasteiger charge is -2.23. The van der Waals surface area contributed by atoms with Crippen LogP contribution in [0, 0.1) is 11.3 Å². The lowest BCUT2D eigenvalue weighted by atomic mass is 10.2. The average molecular weight is 230 g/mol. The molecule has 2 heterocycles. The summed E-state index contributed by atoms with van der Waals surface area (Å²) in [6.07, 6.45) is 6.07. The molecule has 1 aliphatic heterocycles. The highest BCUT2D eigenvalue weighted by atomic mass is 15.2. The van der Waals surface area contributed by atoms with Crippen LogP contribution < -0.4 is 4.90 Å². The van der Waals surface area contributed by atoms with Gasteiger partial charge in [0.15, 0.2) is 0 Å². The second-order valence-corrected chi connectivity index (χ2v) is 4.47. The fraction of sp³-hybridized carbons (Fsp3) is 0.538. The average Bonchev–Trinajstić information content (AvgIpc) is 2.89. The molecular weight excluding hydrogens is 212 g/mol. The summed E-state index contributed by atoms with van der Waals surface area (Å²) in [4.78, 5) is 8.67. The summed E-state index contributed by atoms with van der Waals surface area (Å²) in [6, 6.07) is 3.97. The van der Waals surface area contributed by atoms with Crippen LogP contribution in [-0.4, -0.2) is 43.1 Å². The second kappa shape index (κ2) is 5.65. The first-order chi connectivity index (χ1) is 8.31. The zero-order chi connectivity index (χ0) is 12.1. The van der Waals surface area contributed by atoms with Gasteiger partial charge in [0.2, 0.25) is 0 Å². The number of rotatable bonds is 4. The first kappa shape index (κ1) is 11.9. The molecule has 1 aromatic rings. The number of hydrogen-bond donors (Lipinski definition) is 0. The highest BCUT2D eigenvalue weighted by Crippen LogP contribution is 2.16. The summed E-state index contributed by atoms with van der Waals surface area (Å²) in [6.45, 7) is 4.44. The van der Waals surface area contributed by atoms with Gasteiger partial charge >= 0.3 is 0 Å². The third-order valence-electron chi connectivity index (χ3n) is 3.28. The Morgan fingerprint density at radius 1 is 1.47 bits per heavy atom. The zero-order valence-electron chi connectivity index (χ0n) is 10.3. The van der Waals surface area contributed by atoms with Gasteiger partial charge in [-0.25, -0.2) is 0 Å². The fourth-order valence-corrected chi connectivity index (χ4v) is 2.20. The number of anilines is 1. The van der Waals surface area contributed by atoms with E-state index < -0.39 is 0 Å².